The second kappa shape index (κ2) is 4.42. The molecule has 2 aromatic heterocycles. The van der Waals surface area contributed by atoms with Crippen LogP contribution in [-0.4, -0.2) is 9.97 Å². The van der Waals surface area contributed by atoms with Crippen LogP contribution in [0.1, 0.15) is 0 Å². The average molecular weight is 256 g/mol. The van der Waals surface area contributed by atoms with Crippen LogP contribution in [0.3, 0.4) is 0 Å². The molecule has 0 spiro atoms. The molecule has 0 aliphatic rings. The Bertz CT molecular complexity index is 899. The number of nitrogens with zero attached hydrogens (tertiary/aromatic N) is 2. The summed E-state index contributed by atoms with van der Waals surface area (Å²) in [5, 5.41) is 2.25. The summed E-state index contributed by atoms with van der Waals surface area (Å²) >= 11 is 0. The number of fused-ring (bicyclic) bond motifs is 3. The van der Waals surface area contributed by atoms with Crippen molar-refractivity contribution < 1.29 is 0 Å². The highest BCUT2D eigenvalue weighted by atomic mass is 14.7. The number of benzene rings is 2. The molecule has 0 unspecified atom stereocenters. The van der Waals surface area contributed by atoms with Gasteiger partial charge in [-0.25, -0.2) is 4.98 Å². The molecule has 0 fully saturated rings. The number of hydrogen-bond acceptors (Lipinski definition) is 2. The third kappa shape index (κ3) is 1.74. The van der Waals surface area contributed by atoms with Crippen molar-refractivity contribution >= 4 is 21.8 Å². The van der Waals surface area contributed by atoms with E-state index in [2.05, 4.69) is 35.3 Å². The first-order valence-electron chi connectivity index (χ1n) is 6.62. The first kappa shape index (κ1) is 11.1. The van der Waals surface area contributed by atoms with Crippen molar-refractivity contribution in [2.24, 2.45) is 0 Å². The van der Waals surface area contributed by atoms with Crippen LogP contribution >= 0.6 is 0 Å². The van der Waals surface area contributed by atoms with Crippen LogP contribution in [0, 0.1) is 0 Å². The lowest BCUT2D eigenvalue weighted by Crippen LogP contribution is -1.76. The zero-order valence-corrected chi connectivity index (χ0v) is 10.8. The van der Waals surface area contributed by atoms with Gasteiger partial charge in [-0.2, -0.15) is 0 Å². The molecular formula is C18H12N2. The molecule has 4 rings (SSSR count). The smallest absolute Gasteiger partial charge is 0.0804 e. The maximum Gasteiger partial charge on any atom is 0.0804 e. The highest BCUT2D eigenvalue weighted by Gasteiger charge is 2.07. The fraction of sp³-hybridized carbons (Fsp3) is 0. The van der Waals surface area contributed by atoms with E-state index in [1.54, 1.807) is 0 Å². The summed E-state index contributed by atoms with van der Waals surface area (Å²) in [5.74, 6) is 0. The van der Waals surface area contributed by atoms with Gasteiger partial charge in [0.1, 0.15) is 0 Å². The van der Waals surface area contributed by atoms with E-state index in [4.69, 9.17) is 4.98 Å². The Balaban J connectivity index is 2.05. The van der Waals surface area contributed by atoms with E-state index < -0.39 is 0 Å². The van der Waals surface area contributed by atoms with Crippen molar-refractivity contribution in [2.75, 3.05) is 0 Å². The fourth-order valence-corrected chi connectivity index (χ4v) is 2.51. The summed E-state index contributed by atoms with van der Waals surface area (Å²) < 4.78 is 0. The van der Waals surface area contributed by atoms with Crippen LogP contribution in [0.4, 0.5) is 0 Å². The molecule has 0 aliphatic carbocycles. The normalized spacial score (nSPS) is 11.0. The van der Waals surface area contributed by atoms with Crippen LogP contribution in [0.5, 0.6) is 0 Å². The second-order valence-electron chi connectivity index (χ2n) is 4.77. The van der Waals surface area contributed by atoms with Crippen molar-refractivity contribution in [3.8, 4) is 11.3 Å². The quantitative estimate of drug-likeness (QED) is 0.503. The van der Waals surface area contributed by atoms with Gasteiger partial charge in [-0.15, -0.1) is 0 Å². The zero-order chi connectivity index (χ0) is 13.4. The lowest BCUT2D eigenvalue weighted by molar-refractivity contribution is 1.44. The Hall–Kier alpha value is -2.74. The zero-order valence-electron chi connectivity index (χ0n) is 10.8. The van der Waals surface area contributed by atoms with Crippen molar-refractivity contribution in [1.29, 1.82) is 0 Å². The van der Waals surface area contributed by atoms with Crippen molar-refractivity contribution in [3.05, 3.63) is 72.9 Å². The summed E-state index contributed by atoms with van der Waals surface area (Å²) in [7, 11) is 0. The molecule has 2 heteroatoms. The Kier molecular flexibility index (Phi) is 2.46. The molecule has 4 aromatic rings. The van der Waals surface area contributed by atoms with Gasteiger partial charge in [0.15, 0.2) is 0 Å². The maximum atomic E-state index is 4.80. The van der Waals surface area contributed by atoms with Crippen molar-refractivity contribution in [2.45, 2.75) is 0 Å². The van der Waals surface area contributed by atoms with Crippen LogP contribution in [0.25, 0.3) is 33.1 Å². The van der Waals surface area contributed by atoms with Gasteiger partial charge >= 0.3 is 0 Å². The van der Waals surface area contributed by atoms with Crippen LogP contribution in [0.2, 0.25) is 0 Å². The van der Waals surface area contributed by atoms with Gasteiger partial charge in [0.2, 0.25) is 0 Å². The van der Waals surface area contributed by atoms with Gasteiger partial charge in [-0.05, 0) is 18.2 Å². The maximum absolute atomic E-state index is 4.80. The monoisotopic (exact) mass is 256 g/mol. The minimum Gasteiger partial charge on any atom is -0.256 e. The van der Waals surface area contributed by atoms with Gasteiger partial charge < -0.3 is 0 Å². The van der Waals surface area contributed by atoms with Gasteiger partial charge in [-0.1, -0.05) is 48.5 Å². The van der Waals surface area contributed by atoms with Gasteiger partial charge in [-0.3, -0.25) is 4.98 Å². The van der Waals surface area contributed by atoms with E-state index in [-0.39, 0.29) is 0 Å². The third-order valence-electron chi connectivity index (χ3n) is 3.49. The lowest BCUT2D eigenvalue weighted by atomic mass is 10.1. The summed E-state index contributed by atoms with van der Waals surface area (Å²) in [6.45, 7) is 0. The first-order valence-corrected chi connectivity index (χ1v) is 6.62. The first-order chi connectivity index (χ1) is 9.92. The number of rotatable bonds is 1. The summed E-state index contributed by atoms with van der Waals surface area (Å²) in [6, 6.07) is 22.6. The molecule has 2 aromatic carbocycles. The molecule has 0 bridgehead atoms. The standard InChI is InChI=1S/C18H12N2/c1-2-6-13(7-3-1)17-12-14-9-10-16-15(18(14)20-17)8-4-5-11-19-16/h1-12H. The van der Waals surface area contributed by atoms with E-state index in [0.717, 1.165) is 33.1 Å². The van der Waals surface area contributed by atoms with Crippen molar-refractivity contribution in [3.63, 3.8) is 0 Å². The molecule has 0 aliphatic heterocycles. The van der Waals surface area contributed by atoms with Crippen LogP contribution < -0.4 is 0 Å². The number of hydrogen-bond donors (Lipinski definition) is 0. The average Bonchev–Trinajstić information content (AvgIpc) is 2.79. The lowest BCUT2D eigenvalue weighted by Gasteiger charge is -1.94. The Morgan fingerprint density at radius 1 is 0.750 bits per heavy atom. The third-order valence-corrected chi connectivity index (χ3v) is 3.49. The Labute approximate surface area is 116 Å². The van der Waals surface area contributed by atoms with Crippen LogP contribution in [0.15, 0.2) is 72.9 Å². The second-order valence-corrected chi connectivity index (χ2v) is 4.77. The summed E-state index contributed by atoms with van der Waals surface area (Å²) in [4.78, 5) is 9.23. The number of aromatic nitrogens is 2. The fourth-order valence-electron chi connectivity index (χ4n) is 2.51. The van der Waals surface area contributed by atoms with Gasteiger partial charge in [0.05, 0.1) is 16.7 Å². The molecule has 0 N–H and O–H groups in total. The Morgan fingerprint density at radius 3 is 2.50 bits per heavy atom. The van der Waals surface area contributed by atoms with E-state index in [1.165, 1.54) is 0 Å². The molecular weight excluding hydrogens is 244 g/mol. The predicted octanol–water partition coefficient (Wildman–Crippen LogP) is 4.45. The highest BCUT2D eigenvalue weighted by molar-refractivity contribution is 6.05. The van der Waals surface area contributed by atoms with E-state index in [0.29, 0.717) is 0 Å². The van der Waals surface area contributed by atoms with E-state index in [9.17, 15) is 0 Å². The molecule has 94 valence electrons. The minimum absolute atomic E-state index is 0.972. The molecule has 0 amide bonds. The molecule has 0 saturated heterocycles. The van der Waals surface area contributed by atoms with E-state index >= 15 is 0 Å². The topological polar surface area (TPSA) is 25.8 Å². The highest BCUT2D eigenvalue weighted by Crippen LogP contribution is 2.28. The molecule has 0 atom stereocenters. The van der Waals surface area contributed by atoms with Crippen molar-refractivity contribution in [1.82, 2.24) is 9.97 Å². The Morgan fingerprint density at radius 2 is 1.60 bits per heavy atom. The summed E-state index contributed by atoms with van der Waals surface area (Å²) in [6.07, 6.45) is 1.81. The molecule has 20 heavy (non-hydrogen) atoms. The molecule has 2 nitrogen and oxygen atoms in total. The summed E-state index contributed by atoms with van der Waals surface area (Å²) in [5.41, 5.74) is 4.15. The molecule has 0 radical (unpaired) electrons. The van der Waals surface area contributed by atoms with Gasteiger partial charge in [0.25, 0.3) is 0 Å². The predicted molar refractivity (Wildman–Crippen MR) is 82.5 cm³/mol. The SMILES string of the molecule is c1ccc(-c2cc3ccc4nccccc4c3n2)cc1. The molecule has 0 saturated carbocycles. The largest absolute Gasteiger partial charge is 0.256 e. The molecule has 2 heterocycles. The minimum atomic E-state index is 0.972. The van der Waals surface area contributed by atoms with Gasteiger partial charge in [0, 0.05) is 22.5 Å². The van der Waals surface area contributed by atoms with Crippen LogP contribution in [-0.2, 0) is 0 Å². The van der Waals surface area contributed by atoms with E-state index in [1.807, 2.05) is 42.6 Å².